The third-order valence-electron chi connectivity index (χ3n) is 5.30. The zero-order chi connectivity index (χ0) is 24.2. The molecule has 0 aliphatic carbocycles. The quantitative estimate of drug-likeness (QED) is 0.330. The maximum Gasteiger partial charge on any atom is 0.295 e. The summed E-state index contributed by atoms with van der Waals surface area (Å²) in [5.41, 5.74) is 3.46. The van der Waals surface area contributed by atoms with Gasteiger partial charge in [0.05, 0.1) is 36.9 Å². The Hall–Kier alpha value is -3.38. The van der Waals surface area contributed by atoms with E-state index < -0.39 is 20.6 Å². The molecule has 33 heavy (non-hydrogen) atoms. The van der Waals surface area contributed by atoms with Crippen LogP contribution in [0.25, 0.3) is 0 Å². The number of nitro benzene ring substituents is 1. The Kier molecular flexibility index (Phi) is 7.39. The van der Waals surface area contributed by atoms with Crippen molar-refractivity contribution in [1.82, 2.24) is 4.31 Å². The van der Waals surface area contributed by atoms with Crippen molar-refractivity contribution in [3.05, 3.63) is 46.0 Å². The molecule has 0 bridgehead atoms. The molecule has 1 aliphatic rings. The van der Waals surface area contributed by atoms with Crippen molar-refractivity contribution >= 4 is 27.1 Å². The molecule has 11 nitrogen and oxygen atoms in total. The van der Waals surface area contributed by atoms with Gasteiger partial charge in [0.1, 0.15) is 5.69 Å². The van der Waals surface area contributed by atoms with Gasteiger partial charge in [-0.3, -0.25) is 15.5 Å². The summed E-state index contributed by atoms with van der Waals surface area (Å²) >= 11 is 0. The van der Waals surface area contributed by atoms with Crippen LogP contribution in [0, 0.1) is 10.1 Å². The second kappa shape index (κ2) is 10.0. The summed E-state index contributed by atoms with van der Waals surface area (Å²) in [6, 6.07) is 7.13. The average molecular weight is 479 g/mol. The first-order chi connectivity index (χ1) is 15.7. The van der Waals surface area contributed by atoms with Crippen LogP contribution in [0.2, 0.25) is 0 Å². The maximum atomic E-state index is 12.8. The smallest absolute Gasteiger partial charge is 0.295 e. The maximum absolute atomic E-state index is 12.8. The van der Waals surface area contributed by atoms with Crippen molar-refractivity contribution in [1.29, 1.82) is 0 Å². The second-order valence-electron chi connectivity index (χ2n) is 7.27. The van der Waals surface area contributed by atoms with Gasteiger partial charge in [0, 0.05) is 24.7 Å². The molecule has 0 unspecified atom stereocenters. The molecule has 12 heteroatoms. The molecule has 0 saturated carbocycles. The number of hydrogen-bond donors (Lipinski definition) is 1. The molecule has 2 aromatic rings. The van der Waals surface area contributed by atoms with Gasteiger partial charge < -0.3 is 14.2 Å². The summed E-state index contributed by atoms with van der Waals surface area (Å²) in [6.45, 7) is 2.52. The van der Waals surface area contributed by atoms with E-state index in [4.69, 9.17) is 14.2 Å². The van der Waals surface area contributed by atoms with E-state index in [9.17, 15) is 18.5 Å². The fraction of sp³-hybridized carbons (Fsp3) is 0.381. The average Bonchev–Trinajstić information content (AvgIpc) is 3.37. The predicted molar refractivity (Wildman–Crippen MR) is 123 cm³/mol. The van der Waals surface area contributed by atoms with Crippen molar-refractivity contribution in [2.45, 2.75) is 24.7 Å². The minimum Gasteiger partial charge on any atom is -0.493 e. The Morgan fingerprint density at radius 1 is 1.06 bits per heavy atom. The molecular formula is C21H26N4O7S. The van der Waals surface area contributed by atoms with E-state index in [1.165, 1.54) is 37.8 Å². The number of rotatable bonds is 9. The third kappa shape index (κ3) is 5.01. The molecular weight excluding hydrogens is 452 g/mol. The molecule has 1 heterocycles. The molecule has 0 aromatic heterocycles. The van der Waals surface area contributed by atoms with Gasteiger partial charge in [-0.2, -0.15) is 9.41 Å². The number of nitrogens with zero attached hydrogens (tertiary/aromatic N) is 3. The number of hydrogen-bond acceptors (Lipinski definition) is 9. The second-order valence-corrected chi connectivity index (χ2v) is 9.21. The topological polar surface area (TPSA) is 133 Å². The lowest BCUT2D eigenvalue weighted by Crippen LogP contribution is -2.27. The van der Waals surface area contributed by atoms with Gasteiger partial charge in [0.15, 0.2) is 11.5 Å². The molecule has 1 aliphatic heterocycles. The summed E-state index contributed by atoms with van der Waals surface area (Å²) in [7, 11) is 0.699. The zero-order valence-electron chi connectivity index (χ0n) is 18.8. The highest BCUT2D eigenvalue weighted by molar-refractivity contribution is 7.89. The molecule has 0 amide bonds. The molecule has 3 rings (SSSR count). The highest BCUT2D eigenvalue weighted by atomic mass is 32.2. The zero-order valence-corrected chi connectivity index (χ0v) is 19.6. The molecule has 1 fully saturated rings. The van der Waals surface area contributed by atoms with Gasteiger partial charge in [-0.05, 0) is 44.0 Å². The molecule has 0 radical (unpaired) electrons. The van der Waals surface area contributed by atoms with Gasteiger partial charge in [-0.1, -0.05) is 0 Å². The first kappa shape index (κ1) is 24.3. The molecule has 1 N–H and O–H groups in total. The van der Waals surface area contributed by atoms with Crippen LogP contribution in [-0.4, -0.2) is 57.8 Å². The van der Waals surface area contributed by atoms with E-state index in [0.717, 1.165) is 18.9 Å². The lowest BCUT2D eigenvalue weighted by atomic mass is 10.1. The first-order valence-electron chi connectivity index (χ1n) is 10.1. The van der Waals surface area contributed by atoms with Crippen molar-refractivity contribution < 1.29 is 27.6 Å². The van der Waals surface area contributed by atoms with Gasteiger partial charge >= 0.3 is 0 Å². The van der Waals surface area contributed by atoms with Gasteiger partial charge in [-0.25, -0.2) is 8.42 Å². The molecule has 1 saturated heterocycles. The molecule has 2 aromatic carbocycles. The van der Waals surface area contributed by atoms with Crippen LogP contribution in [-0.2, 0) is 10.0 Å². The highest BCUT2D eigenvalue weighted by Gasteiger charge is 2.29. The molecule has 178 valence electrons. The number of benzene rings is 2. The number of methoxy groups -OCH3 is 3. The van der Waals surface area contributed by atoms with Crippen LogP contribution in [0.4, 0.5) is 11.4 Å². The predicted octanol–water partition coefficient (Wildman–Crippen LogP) is 3.24. The van der Waals surface area contributed by atoms with Crippen LogP contribution < -0.4 is 19.6 Å². The van der Waals surface area contributed by atoms with Crippen molar-refractivity contribution in [2.24, 2.45) is 5.10 Å². The number of hydrazone groups is 1. The first-order valence-corrected chi connectivity index (χ1v) is 11.6. The van der Waals surface area contributed by atoms with Gasteiger partial charge in [-0.15, -0.1) is 0 Å². The fourth-order valence-corrected chi connectivity index (χ4v) is 5.03. The molecule has 0 atom stereocenters. The molecule has 0 spiro atoms. The fourth-order valence-electron chi connectivity index (χ4n) is 3.49. The lowest BCUT2D eigenvalue weighted by molar-refractivity contribution is -0.384. The van der Waals surface area contributed by atoms with Gasteiger partial charge in [0.2, 0.25) is 15.8 Å². The van der Waals surface area contributed by atoms with Crippen LogP contribution in [0.15, 0.2) is 40.3 Å². The van der Waals surface area contributed by atoms with E-state index in [0.29, 0.717) is 41.6 Å². The monoisotopic (exact) mass is 478 g/mol. The van der Waals surface area contributed by atoms with Crippen molar-refractivity contribution in [2.75, 3.05) is 39.8 Å². The highest BCUT2D eigenvalue weighted by Crippen LogP contribution is 2.38. The Labute approximate surface area is 192 Å². The van der Waals surface area contributed by atoms with E-state index in [1.54, 1.807) is 19.1 Å². The third-order valence-corrected chi connectivity index (χ3v) is 7.19. The summed E-state index contributed by atoms with van der Waals surface area (Å²) in [4.78, 5) is 10.9. The largest absolute Gasteiger partial charge is 0.493 e. The van der Waals surface area contributed by atoms with Crippen molar-refractivity contribution in [3.63, 3.8) is 0 Å². The summed E-state index contributed by atoms with van der Waals surface area (Å²) in [5, 5.41) is 15.9. The van der Waals surface area contributed by atoms with Crippen LogP contribution in [0.5, 0.6) is 17.2 Å². The summed E-state index contributed by atoms with van der Waals surface area (Å²) in [6.07, 6.45) is 1.55. The lowest BCUT2D eigenvalue weighted by Gasteiger charge is -2.16. The SMILES string of the molecule is COc1cc(/C(C)=N\Nc2ccc(S(=O)(=O)N3CCCC3)cc2[N+](=O)[O-])cc(OC)c1OC. The van der Waals surface area contributed by atoms with Crippen molar-refractivity contribution in [3.8, 4) is 17.2 Å². The van der Waals surface area contributed by atoms with E-state index in [1.807, 2.05) is 0 Å². The normalized spacial score (nSPS) is 14.7. The number of ether oxygens (including phenoxy) is 3. The number of sulfonamides is 1. The number of anilines is 1. The van der Waals surface area contributed by atoms with E-state index in [2.05, 4.69) is 10.5 Å². The van der Waals surface area contributed by atoms with Gasteiger partial charge in [0.25, 0.3) is 5.69 Å². The van der Waals surface area contributed by atoms with Crippen LogP contribution >= 0.6 is 0 Å². The van der Waals surface area contributed by atoms with Crippen LogP contribution in [0.1, 0.15) is 25.3 Å². The summed E-state index contributed by atoms with van der Waals surface area (Å²) < 4.78 is 42.9. The summed E-state index contributed by atoms with van der Waals surface area (Å²) in [5.74, 6) is 1.29. The minimum absolute atomic E-state index is 0.0622. The minimum atomic E-state index is -3.78. The van der Waals surface area contributed by atoms with E-state index in [-0.39, 0.29) is 10.6 Å². The van der Waals surface area contributed by atoms with E-state index >= 15 is 0 Å². The number of nitrogens with one attached hydrogen (secondary N) is 1. The Bertz CT molecular complexity index is 1150. The number of nitro groups is 1. The van der Waals surface area contributed by atoms with Crippen LogP contribution in [0.3, 0.4) is 0 Å². The Morgan fingerprint density at radius 3 is 2.18 bits per heavy atom. The standard InChI is InChI=1S/C21H26N4O7S/c1-14(15-11-19(30-2)21(32-4)20(12-15)31-3)22-23-17-8-7-16(13-18(17)25(26)27)33(28,29)24-9-5-6-10-24/h7-8,11-13,23H,5-6,9-10H2,1-4H3/b22-14-. The Morgan fingerprint density at radius 2 is 1.67 bits per heavy atom. The Balaban J connectivity index is 1.92.